The van der Waals surface area contributed by atoms with Gasteiger partial charge in [-0.25, -0.2) is 4.39 Å². The van der Waals surface area contributed by atoms with Crippen molar-refractivity contribution in [1.29, 1.82) is 0 Å². The molecule has 0 radical (unpaired) electrons. The van der Waals surface area contributed by atoms with Crippen molar-refractivity contribution in [2.75, 3.05) is 0 Å². The Labute approximate surface area is 126 Å². The van der Waals surface area contributed by atoms with Gasteiger partial charge < -0.3 is 10.1 Å². The van der Waals surface area contributed by atoms with Crippen LogP contribution in [0, 0.1) is 12.7 Å². The third-order valence-corrected chi connectivity index (χ3v) is 3.36. The Morgan fingerprint density at radius 1 is 1.10 bits per heavy atom. The number of hydrogen-bond donors (Lipinski definition) is 1. The Morgan fingerprint density at radius 3 is 2.57 bits per heavy atom. The second kappa shape index (κ2) is 7.23. The molecule has 0 unspecified atom stereocenters. The molecule has 0 aromatic heterocycles. The number of benzene rings is 2. The maximum absolute atomic E-state index is 13.1. The van der Waals surface area contributed by atoms with Gasteiger partial charge in [-0.05, 0) is 36.2 Å². The molecule has 0 saturated heterocycles. The first-order valence-electron chi connectivity index (χ1n) is 7.25. The molecule has 2 nitrogen and oxygen atoms in total. The SMILES string of the molecule is Cc1cc(F)ccc1COc1ccccc1CNC(C)C. The minimum absolute atomic E-state index is 0.210. The number of para-hydroxylation sites is 1. The van der Waals surface area contributed by atoms with Crippen LogP contribution in [0.1, 0.15) is 30.5 Å². The lowest BCUT2D eigenvalue weighted by Crippen LogP contribution is -2.22. The van der Waals surface area contributed by atoms with E-state index in [4.69, 9.17) is 4.74 Å². The van der Waals surface area contributed by atoms with E-state index in [0.29, 0.717) is 12.6 Å². The van der Waals surface area contributed by atoms with E-state index >= 15 is 0 Å². The summed E-state index contributed by atoms with van der Waals surface area (Å²) in [6.07, 6.45) is 0. The van der Waals surface area contributed by atoms with E-state index in [1.54, 1.807) is 6.07 Å². The van der Waals surface area contributed by atoms with Crippen LogP contribution >= 0.6 is 0 Å². The predicted molar refractivity (Wildman–Crippen MR) is 83.9 cm³/mol. The average Bonchev–Trinajstić information content (AvgIpc) is 2.45. The summed E-state index contributed by atoms with van der Waals surface area (Å²) >= 11 is 0. The highest BCUT2D eigenvalue weighted by Gasteiger charge is 2.06. The molecule has 0 spiro atoms. The highest BCUT2D eigenvalue weighted by atomic mass is 19.1. The third kappa shape index (κ3) is 4.57. The summed E-state index contributed by atoms with van der Waals surface area (Å²) in [6.45, 7) is 7.35. The van der Waals surface area contributed by atoms with Crippen molar-refractivity contribution >= 4 is 0 Å². The summed E-state index contributed by atoms with van der Waals surface area (Å²) in [4.78, 5) is 0. The molecule has 0 saturated carbocycles. The summed E-state index contributed by atoms with van der Waals surface area (Å²) in [5.41, 5.74) is 3.04. The van der Waals surface area contributed by atoms with Crippen molar-refractivity contribution in [3.63, 3.8) is 0 Å². The zero-order valence-electron chi connectivity index (χ0n) is 12.8. The molecule has 0 amide bonds. The molecule has 0 heterocycles. The summed E-state index contributed by atoms with van der Waals surface area (Å²) in [5, 5.41) is 3.39. The van der Waals surface area contributed by atoms with Gasteiger partial charge >= 0.3 is 0 Å². The topological polar surface area (TPSA) is 21.3 Å². The molecule has 112 valence electrons. The molecule has 21 heavy (non-hydrogen) atoms. The van der Waals surface area contributed by atoms with E-state index in [1.807, 2.05) is 25.1 Å². The molecular formula is C18H22FNO. The number of aryl methyl sites for hydroxylation is 1. The van der Waals surface area contributed by atoms with Gasteiger partial charge in [0.15, 0.2) is 0 Å². The van der Waals surface area contributed by atoms with E-state index in [1.165, 1.54) is 12.1 Å². The van der Waals surface area contributed by atoms with E-state index < -0.39 is 0 Å². The maximum Gasteiger partial charge on any atom is 0.124 e. The molecular weight excluding hydrogens is 265 g/mol. The zero-order chi connectivity index (χ0) is 15.2. The Morgan fingerprint density at radius 2 is 1.86 bits per heavy atom. The van der Waals surface area contributed by atoms with Crippen LogP contribution in [0.5, 0.6) is 5.75 Å². The quantitative estimate of drug-likeness (QED) is 0.859. The molecule has 2 rings (SSSR count). The minimum atomic E-state index is -0.210. The second-order valence-corrected chi connectivity index (χ2v) is 5.50. The molecule has 0 fully saturated rings. The molecule has 0 atom stereocenters. The Balaban J connectivity index is 2.05. The first-order valence-corrected chi connectivity index (χ1v) is 7.25. The van der Waals surface area contributed by atoms with Crippen molar-refractivity contribution in [2.24, 2.45) is 0 Å². The third-order valence-electron chi connectivity index (χ3n) is 3.36. The van der Waals surface area contributed by atoms with Crippen molar-refractivity contribution < 1.29 is 9.13 Å². The van der Waals surface area contributed by atoms with Gasteiger partial charge in [0.25, 0.3) is 0 Å². The van der Waals surface area contributed by atoms with Gasteiger partial charge in [-0.1, -0.05) is 38.1 Å². The van der Waals surface area contributed by atoms with Gasteiger partial charge in [0.05, 0.1) is 0 Å². The van der Waals surface area contributed by atoms with Gasteiger partial charge in [-0.15, -0.1) is 0 Å². The number of nitrogens with one attached hydrogen (secondary N) is 1. The number of rotatable bonds is 6. The smallest absolute Gasteiger partial charge is 0.124 e. The Kier molecular flexibility index (Phi) is 5.34. The minimum Gasteiger partial charge on any atom is -0.489 e. The van der Waals surface area contributed by atoms with E-state index in [0.717, 1.165) is 29.0 Å². The van der Waals surface area contributed by atoms with Gasteiger partial charge in [0.1, 0.15) is 18.2 Å². The van der Waals surface area contributed by atoms with Crippen LogP contribution in [0.15, 0.2) is 42.5 Å². The molecule has 0 aliphatic heterocycles. The lowest BCUT2D eigenvalue weighted by Gasteiger charge is -2.14. The number of ether oxygens (including phenoxy) is 1. The lowest BCUT2D eigenvalue weighted by molar-refractivity contribution is 0.301. The van der Waals surface area contributed by atoms with Crippen LogP contribution in [0.3, 0.4) is 0 Å². The summed E-state index contributed by atoms with van der Waals surface area (Å²) in [5.74, 6) is 0.659. The van der Waals surface area contributed by atoms with Crippen molar-refractivity contribution in [3.8, 4) is 5.75 Å². The van der Waals surface area contributed by atoms with Crippen molar-refractivity contribution in [2.45, 2.75) is 40.0 Å². The highest BCUT2D eigenvalue weighted by Crippen LogP contribution is 2.20. The van der Waals surface area contributed by atoms with E-state index in [-0.39, 0.29) is 5.82 Å². The van der Waals surface area contributed by atoms with Crippen molar-refractivity contribution in [3.05, 3.63) is 65.0 Å². The number of halogens is 1. The van der Waals surface area contributed by atoms with Gasteiger partial charge in [0, 0.05) is 18.2 Å². The first kappa shape index (κ1) is 15.5. The second-order valence-electron chi connectivity index (χ2n) is 5.50. The van der Waals surface area contributed by atoms with Gasteiger partial charge in [0.2, 0.25) is 0 Å². The fourth-order valence-corrected chi connectivity index (χ4v) is 2.08. The van der Waals surface area contributed by atoms with Crippen LogP contribution in [-0.2, 0) is 13.2 Å². The molecule has 2 aromatic carbocycles. The molecule has 0 aliphatic rings. The Hall–Kier alpha value is -1.87. The van der Waals surface area contributed by atoms with E-state index in [9.17, 15) is 4.39 Å². The van der Waals surface area contributed by atoms with Gasteiger partial charge in [-0.2, -0.15) is 0 Å². The first-order chi connectivity index (χ1) is 10.1. The fraction of sp³-hybridized carbons (Fsp3) is 0.333. The standard InChI is InChI=1S/C18H22FNO/c1-13(2)20-11-15-6-4-5-7-18(15)21-12-16-8-9-17(19)10-14(16)3/h4-10,13,20H,11-12H2,1-3H3. The monoisotopic (exact) mass is 287 g/mol. The van der Waals surface area contributed by atoms with Crippen LogP contribution in [-0.4, -0.2) is 6.04 Å². The average molecular weight is 287 g/mol. The molecule has 2 aromatic rings. The highest BCUT2D eigenvalue weighted by molar-refractivity contribution is 5.34. The van der Waals surface area contributed by atoms with Crippen molar-refractivity contribution in [1.82, 2.24) is 5.32 Å². The Bertz CT molecular complexity index is 596. The predicted octanol–water partition coefficient (Wildman–Crippen LogP) is 4.21. The zero-order valence-corrected chi connectivity index (χ0v) is 12.8. The summed E-state index contributed by atoms with van der Waals surface area (Å²) in [7, 11) is 0. The lowest BCUT2D eigenvalue weighted by atomic mass is 10.1. The summed E-state index contributed by atoms with van der Waals surface area (Å²) < 4.78 is 19.0. The molecule has 0 bridgehead atoms. The normalized spacial score (nSPS) is 10.9. The molecule has 3 heteroatoms. The maximum atomic E-state index is 13.1. The summed E-state index contributed by atoms with van der Waals surface area (Å²) in [6, 6.07) is 13.2. The van der Waals surface area contributed by atoms with Gasteiger partial charge in [-0.3, -0.25) is 0 Å². The van der Waals surface area contributed by atoms with Crippen LogP contribution in [0.25, 0.3) is 0 Å². The van der Waals surface area contributed by atoms with Crippen LogP contribution in [0.2, 0.25) is 0 Å². The van der Waals surface area contributed by atoms with Crippen LogP contribution < -0.4 is 10.1 Å². The van der Waals surface area contributed by atoms with Crippen LogP contribution in [0.4, 0.5) is 4.39 Å². The molecule has 1 N–H and O–H groups in total. The fourth-order valence-electron chi connectivity index (χ4n) is 2.08. The molecule has 0 aliphatic carbocycles. The number of hydrogen-bond acceptors (Lipinski definition) is 2. The van der Waals surface area contributed by atoms with E-state index in [2.05, 4.69) is 25.2 Å². The largest absolute Gasteiger partial charge is 0.489 e.